The summed E-state index contributed by atoms with van der Waals surface area (Å²) < 4.78 is 10.3. The van der Waals surface area contributed by atoms with Crippen LogP contribution in [0.3, 0.4) is 0 Å². The van der Waals surface area contributed by atoms with Crippen LogP contribution in [0.5, 0.6) is 0 Å². The van der Waals surface area contributed by atoms with Gasteiger partial charge in [-0.05, 0) is 13.8 Å². The van der Waals surface area contributed by atoms with E-state index in [4.69, 9.17) is 9.47 Å². The van der Waals surface area contributed by atoms with E-state index in [2.05, 4.69) is 6.58 Å². The average Bonchev–Trinajstić information content (AvgIpc) is 2.51. The molecule has 7 nitrogen and oxygen atoms in total. The van der Waals surface area contributed by atoms with Gasteiger partial charge in [-0.25, -0.2) is 4.79 Å². The molecule has 0 saturated carbocycles. The van der Waals surface area contributed by atoms with E-state index in [9.17, 15) is 14.4 Å². The Morgan fingerprint density at radius 1 is 1.09 bits per heavy atom. The standard InChI is InChI=1S/C15H24N2O5/c1-5-10-21-12(3)15(20)22-11(2)14(19)17-8-6-16(7-9-17)13(4)18/h5,11-12H,1,6-10H2,2-4H3. The summed E-state index contributed by atoms with van der Waals surface area (Å²) in [5.41, 5.74) is 0. The maximum atomic E-state index is 12.2. The fraction of sp³-hybridized carbons (Fsp3) is 0.667. The normalized spacial score (nSPS) is 17.6. The van der Waals surface area contributed by atoms with Gasteiger partial charge in [0, 0.05) is 33.1 Å². The van der Waals surface area contributed by atoms with Crippen molar-refractivity contribution in [1.29, 1.82) is 0 Å². The molecule has 0 aromatic carbocycles. The number of ether oxygens (including phenoxy) is 2. The van der Waals surface area contributed by atoms with E-state index in [1.54, 1.807) is 16.7 Å². The van der Waals surface area contributed by atoms with E-state index < -0.39 is 18.2 Å². The van der Waals surface area contributed by atoms with E-state index >= 15 is 0 Å². The second-order valence-electron chi connectivity index (χ2n) is 5.17. The summed E-state index contributed by atoms with van der Waals surface area (Å²) in [7, 11) is 0. The summed E-state index contributed by atoms with van der Waals surface area (Å²) in [6.07, 6.45) is -0.0821. The van der Waals surface area contributed by atoms with Crippen molar-refractivity contribution in [3.63, 3.8) is 0 Å². The molecule has 1 aliphatic heterocycles. The Kier molecular flexibility index (Phi) is 7.04. The van der Waals surface area contributed by atoms with Gasteiger partial charge in [-0.2, -0.15) is 0 Å². The Morgan fingerprint density at radius 2 is 1.64 bits per heavy atom. The van der Waals surface area contributed by atoms with Gasteiger partial charge in [-0.15, -0.1) is 6.58 Å². The van der Waals surface area contributed by atoms with Crippen LogP contribution in [0.15, 0.2) is 12.7 Å². The molecule has 7 heteroatoms. The highest BCUT2D eigenvalue weighted by molar-refractivity contribution is 5.84. The van der Waals surface area contributed by atoms with Crippen LogP contribution in [0.2, 0.25) is 0 Å². The van der Waals surface area contributed by atoms with Crippen molar-refractivity contribution in [2.45, 2.75) is 33.0 Å². The van der Waals surface area contributed by atoms with Gasteiger partial charge in [0.05, 0.1) is 6.61 Å². The quantitative estimate of drug-likeness (QED) is 0.517. The molecule has 1 aliphatic rings. The van der Waals surface area contributed by atoms with Gasteiger partial charge < -0.3 is 19.3 Å². The molecule has 22 heavy (non-hydrogen) atoms. The lowest BCUT2D eigenvalue weighted by Gasteiger charge is -2.35. The maximum Gasteiger partial charge on any atom is 0.335 e. The number of nitrogens with zero attached hydrogens (tertiary/aromatic N) is 2. The van der Waals surface area contributed by atoms with Crippen molar-refractivity contribution < 1.29 is 23.9 Å². The number of hydrogen-bond donors (Lipinski definition) is 0. The Morgan fingerprint density at radius 3 is 2.14 bits per heavy atom. The molecule has 0 spiro atoms. The second kappa shape index (κ2) is 8.53. The highest BCUT2D eigenvalue weighted by atomic mass is 16.6. The predicted octanol–water partition coefficient (Wildman–Crippen LogP) is 0.200. The SMILES string of the molecule is C=CCOC(C)C(=O)OC(C)C(=O)N1CCN(C(C)=O)CC1. The molecular weight excluding hydrogens is 288 g/mol. The van der Waals surface area contributed by atoms with E-state index in [-0.39, 0.29) is 18.4 Å². The third kappa shape index (κ3) is 5.14. The van der Waals surface area contributed by atoms with E-state index in [1.807, 2.05) is 0 Å². The number of carbonyl (C=O) groups excluding carboxylic acids is 3. The van der Waals surface area contributed by atoms with E-state index in [1.165, 1.54) is 19.9 Å². The number of carbonyl (C=O) groups is 3. The Balaban J connectivity index is 2.43. The van der Waals surface area contributed by atoms with Crippen molar-refractivity contribution in [1.82, 2.24) is 9.80 Å². The molecule has 1 heterocycles. The van der Waals surface area contributed by atoms with Crippen molar-refractivity contribution >= 4 is 17.8 Å². The molecule has 1 fully saturated rings. The monoisotopic (exact) mass is 312 g/mol. The molecule has 0 N–H and O–H groups in total. The first-order valence-electron chi connectivity index (χ1n) is 7.34. The first-order chi connectivity index (χ1) is 10.4. The lowest BCUT2D eigenvalue weighted by Crippen LogP contribution is -2.52. The minimum Gasteiger partial charge on any atom is -0.451 e. The molecule has 2 atom stereocenters. The van der Waals surface area contributed by atoms with Crippen molar-refractivity contribution in [2.75, 3.05) is 32.8 Å². The number of hydrogen-bond acceptors (Lipinski definition) is 5. The van der Waals surface area contributed by atoms with Crippen molar-refractivity contribution in [3.8, 4) is 0 Å². The highest BCUT2D eigenvalue weighted by Crippen LogP contribution is 2.07. The molecule has 0 aliphatic carbocycles. The summed E-state index contributed by atoms with van der Waals surface area (Å²) in [5, 5.41) is 0. The minimum atomic E-state index is -0.869. The Labute approximate surface area is 130 Å². The van der Waals surface area contributed by atoms with Crippen LogP contribution in [0.1, 0.15) is 20.8 Å². The third-order valence-electron chi connectivity index (χ3n) is 3.47. The van der Waals surface area contributed by atoms with Crippen molar-refractivity contribution in [3.05, 3.63) is 12.7 Å². The van der Waals surface area contributed by atoms with E-state index in [0.717, 1.165) is 0 Å². The van der Waals surface area contributed by atoms with E-state index in [0.29, 0.717) is 26.2 Å². The van der Waals surface area contributed by atoms with Crippen LogP contribution in [-0.4, -0.2) is 72.6 Å². The summed E-state index contributed by atoms with van der Waals surface area (Å²) >= 11 is 0. The zero-order valence-electron chi connectivity index (χ0n) is 13.4. The van der Waals surface area contributed by atoms with Gasteiger partial charge in [0.25, 0.3) is 5.91 Å². The molecule has 1 saturated heterocycles. The zero-order chi connectivity index (χ0) is 16.7. The molecule has 124 valence electrons. The minimum absolute atomic E-state index is 0.000215. The first-order valence-corrected chi connectivity index (χ1v) is 7.34. The molecule has 0 bridgehead atoms. The molecular formula is C15H24N2O5. The maximum absolute atomic E-state index is 12.2. The van der Waals surface area contributed by atoms with Crippen LogP contribution in [0.4, 0.5) is 0 Å². The smallest absolute Gasteiger partial charge is 0.335 e. The number of esters is 1. The average molecular weight is 312 g/mol. The fourth-order valence-electron chi connectivity index (χ4n) is 2.10. The number of piperazine rings is 1. The van der Waals surface area contributed by atoms with Crippen LogP contribution < -0.4 is 0 Å². The van der Waals surface area contributed by atoms with Crippen LogP contribution in [0.25, 0.3) is 0 Å². The van der Waals surface area contributed by atoms with Gasteiger partial charge in [0.2, 0.25) is 5.91 Å². The van der Waals surface area contributed by atoms with Gasteiger partial charge >= 0.3 is 5.97 Å². The van der Waals surface area contributed by atoms with Gasteiger partial charge in [-0.3, -0.25) is 9.59 Å². The van der Waals surface area contributed by atoms with Crippen molar-refractivity contribution in [2.24, 2.45) is 0 Å². The predicted molar refractivity (Wildman–Crippen MR) is 80.0 cm³/mol. The first kappa shape index (κ1) is 18.2. The fourth-order valence-corrected chi connectivity index (χ4v) is 2.10. The van der Waals surface area contributed by atoms with Gasteiger partial charge in [0.15, 0.2) is 12.2 Å². The Bertz CT molecular complexity index is 430. The lowest BCUT2D eigenvalue weighted by molar-refractivity contribution is -0.168. The highest BCUT2D eigenvalue weighted by Gasteiger charge is 2.29. The zero-order valence-corrected chi connectivity index (χ0v) is 13.4. The Hall–Kier alpha value is -1.89. The third-order valence-corrected chi connectivity index (χ3v) is 3.47. The number of rotatable bonds is 6. The van der Waals surface area contributed by atoms with Crippen LogP contribution in [0, 0.1) is 0 Å². The summed E-state index contributed by atoms with van der Waals surface area (Å²) in [4.78, 5) is 38.6. The summed E-state index contributed by atoms with van der Waals surface area (Å²) in [6.45, 7) is 10.2. The van der Waals surface area contributed by atoms with Crippen LogP contribution in [-0.2, 0) is 23.9 Å². The topological polar surface area (TPSA) is 76.2 Å². The van der Waals surface area contributed by atoms with Gasteiger partial charge in [-0.1, -0.05) is 6.08 Å². The van der Waals surface area contributed by atoms with Crippen LogP contribution >= 0.6 is 0 Å². The summed E-state index contributed by atoms with van der Waals surface area (Å²) in [6, 6.07) is 0. The molecule has 0 aromatic heterocycles. The molecule has 2 amide bonds. The molecule has 0 aromatic rings. The molecule has 1 rings (SSSR count). The summed E-state index contributed by atoms with van der Waals surface area (Å²) in [5.74, 6) is -0.836. The number of amides is 2. The largest absolute Gasteiger partial charge is 0.451 e. The lowest BCUT2D eigenvalue weighted by atomic mass is 10.2. The van der Waals surface area contributed by atoms with Gasteiger partial charge in [0.1, 0.15) is 0 Å². The second-order valence-corrected chi connectivity index (χ2v) is 5.17. The molecule has 2 unspecified atom stereocenters. The molecule has 0 radical (unpaired) electrons.